The number of nitrogen functional groups attached to an aromatic ring is 1. The topological polar surface area (TPSA) is 95.1 Å². The van der Waals surface area contributed by atoms with Crippen LogP contribution in [0.15, 0.2) is 41.6 Å². The van der Waals surface area contributed by atoms with Gasteiger partial charge in [-0.05, 0) is 50.6 Å². The van der Waals surface area contributed by atoms with Crippen LogP contribution in [0.4, 0.5) is 10.1 Å². The van der Waals surface area contributed by atoms with E-state index in [1.165, 1.54) is 16.8 Å². The van der Waals surface area contributed by atoms with Crippen LogP contribution in [0.2, 0.25) is 5.02 Å². The Balaban J connectivity index is 1.61. The molecule has 3 N–H and O–H groups in total. The molecule has 0 aliphatic heterocycles. The zero-order valence-corrected chi connectivity index (χ0v) is 18.2. The van der Waals surface area contributed by atoms with Crippen molar-refractivity contribution in [3.63, 3.8) is 0 Å². The first kappa shape index (κ1) is 21.9. The van der Waals surface area contributed by atoms with Crippen molar-refractivity contribution in [3.8, 4) is 5.75 Å². The number of amides is 1. The van der Waals surface area contributed by atoms with Crippen LogP contribution in [-0.4, -0.2) is 26.0 Å². The molecular weight excluding hydrogens is 429 g/mol. The van der Waals surface area contributed by atoms with E-state index >= 15 is 0 Å². The molecule has 0 unspecified atom stereocenters. The average Bonchev–Trinajstić information content (AvgIpc) is 3.03. The highest BCUT2D eigenvalue weighted by Gasteiger charge is 2.20. The van der Waals surface area contributed by atoms with Gasteiger partial charge in [0.05, 0.1) is 16.0 Å². The second kappa shape index (κ2) is 9.36. The van der Waals surface area contributed by atoms with E-state index in [-0.39, 0.29) is 17.5 Å². The average molecular weight is 450 g/mol. The minimum Gasteiger partial charge on any atom is -0.485 e. The molecule has 0 saturated heterocycles. The van der Waals surface area contributed by atoms with Crippen LogP contribution < -0.4 is 15.9 Å². The summed E-state index contributed by atoms with van der Waals surface area (Å²) in [7, 11) is 0. The summed E-state index contributed by atoms with van der Waals surface area (Å²) >= 11 is 7.08. The number of thioether (sulfide) groups is 1. The van der Waals surface area contributed by atoms with E-state index in [9.17, 15) is 9.18 Å². The van der Waals surface area contributed by atoms with Gasteiger partial charge in [-0.15, -0.1) is 10.2 Å². The molecule has 30 heavy (non-hydrogen) atoms. The molecule has 158 valence electrons. The van der Waals surface area contributed by atoms with E-state index in [0.717, 1.165) is 34.7 Å². The standard InChI is InChI=1S/C20H21ClFN5O2S/c1-11-4-7-17(12(2)8-11)29-10-18-25-26-20(27(18)23)30-13(3)19(28)24-16-6-5-14(22)9-15(16)21/h4-9,13H,10,23H2,1-3H3,(H,24,28)/t13-/m0/s1. The van der Waals surface area contributed by atoms with Crippen molar-refractivity contribution in [2.24, 2.45) is 0 Å². The molecule has 0 aliphatic carbocycles. The maximum atomic E-state index is 13.1. The molecule has 3 rings (SSSR count). The van der Waals surface area contributed by atoms with E-state index in [4.69, 9.17) is 22.2 Å². The first-order valence-corrected chi connectivity index (χ1v) is 10.3. The molecule has 0 bridgehead atoms. The van der Waals surface area contributed by atoms with Crippen LogP contribution in [-0.2, 0) is 11.4 Å². The SMILES string of the molecule is Cc1ccc(OCc2nnc(S[C@@H](C)C(=O)Nc3ccc(F)cc3Cl)n2N)c(C)c1. The number of aryl methyl sites for hydroxylation is 2. The van der Waals surface area contributed by atoms with Gasteiger partial charge in [0, 0.05) is 0 Å². The number of anilines is 1. The molecule has 10 heteroatoms. The highest BCUT2D eigenvalue weighted by atomic mass is 35.5. The second-order valence-corrected chi connectivity index (χ2v) is 8.42. The normalized spacial score (nSPS) is 11.9. The van der Waals surface area contributed by atoms with Gasteiger partial charge < -0.3 is 15.9 Å². The number of carbonyl (C=O) groups is 1. The number of aromatic nitrogens is 3. The van der Waals surface area contributed by atoms with Crippen molar-refractivity contribution >= 4 is 35.0 Å². The van der Waals surface area contributed by atoms with Gasteiger partial charge in [0.2, 0.25) is 11.1 Å². The lowest BCUT2D eigenvalue weighted by Crippen LogP contribution is -2.24. The molecule has 1 atom stereocenters. The third kappa shape index (κ3) is 5.22. The Kier molecular flexibility index (Phi) is 6.84. The maximum absolute atomic E-state index is 13.1. The number of benzene rings is 2. The van der Waals surface area contributed by atoms with Gasteiger partial charge in [-0.25, -0.2) is 9.07 Å². The van der Waals surface area contributed by atoms with Crippen molar-refractivity contribution in [3.05, 3.63) is 64.2 Å². The van der Waals surface area contributed by atoms with Crippen LogP contribution in [0, 0.1) is 19.7 Å². The Morgan fingerprint density at radius 2 is 2.07 bits per heavy atom. The smallest absolute Gasteiger partial charge is 0.237 e. The summed E-state index contributed by atoms with van der Waals surface area (Å²) in [6.07, 6.45) is 0. The predicted octanol–water partition coefficient (Wildman–Crippen LogP) is 4.10. The maximum Gasteiger partial charge on any atom is 0.237 e. The molecule has 7 nitrogen and oxygen atoms in total. The van der Waals surface area contributed by atoms with E-state index in [1.54, 1.807) is 6.92 Å². The van der Waals surface area contributed by atoms with Crippen LogP contribution in [0.3, 0.4) is 0 Å². The largest absolute Gasteiger partial charge is 0.485 e. The Labute approximate surface area is 182 Å². The summed E-state index contributed by atoms with van der Waals surface area (Å²) in [5.74, 6) is 6.42. The monoisotopic (exact) mass is 449 g/mol. The van der Waals surface area contributed by atoms with Gasteiger partial charge in [0.25, 0.3) is 0 Å². The summed E-state index contributed by atoms with van der Waals surface area (Å²) in [4.78, 5) is 12.4. The van der Waals surface area contributed by atoms with Crippen molar-refractivity contribution in [1.82, 2.24) is 14.9 Å². The van der Waals surface area contributed by atoms with Crippen LogP contribution >= 0.6 is 23.4 Å². The van der Waals surface area contributed by atoms with Crippen molar-refractivity contribution in [2.45, 2.75) is 37.8 Å². The Morgan fingerprint density at radius 3 is 2.77 bits per heavy atom. The molecule has 0 aliphatic rings. The Bertz CT molecular complexity index is 1080. The van der Waals surface area contributed by atoms with E-state index < -0.39 is 11.1 Å². The summed E-state index contributed by atoms with van der Waals surface area (Å²) in [6, 6.07) is 9.64. The summed E-state index contributed by atoms with van der Waals surface area (Å²) < 4.78 is 20.2. The lowest BCUT2D eigenvalue weighted by molar-refractivity contribution is -0.115. The predicted molar refractivity (Wildman–Crippen MR) is 116 cm³/mol. The fraction of sp³-hybridized carbons (Fsp3) is 0.250. The molecule has 0 saturated carbocycles. The number of nitrogens with one attached hydrogen (secondary N) is 1. The van der Waals surface area contributed by atoms with Gasteiger partial charge in [-0.1, -0.05) is 41.1 Å². The lowest BCUT2D eigenvalue weighted by atomic mass is 10.1. The van der Waals surface area contributed by atoms with Crippen molar-refractivity contribution < 1.29 is 13.9 Å². The zero-order chi connectivity index (χ0) is 21.8. The number of carbonyl (C=O) groups excluding carboxylic acids is 1. The minimum atomic E-state index is -0.550. The highest BCUT2D eigenvalue weighted by Crippen LogP contribution is 2.26. The molecule has 3 aromatic rings. The number of rotatable bonds is 7. The Morgan fingerprint density at radius 1 is 1.30 bits per heavy atom. The first-order valence-electron chi connectivity index (χ1n) is 9.06. The number of ether oxygens (including phenoxy) is 1. The van der Waals surface area contributed by atoms with E-state index in [0.29, 0.717) is 16.7 Å². The van der Waals surface area contributed by atoms with Gasteiger partial charge in [0.1, 0.15) is 18.2 Å². The van der Waals surface area contributed by atoms with E-state index in [2.05, 4.69) is 15.5 Å². The molecular formula is C20H21ClFN5O2S. The first-order chi connectivity index (χ1) is 14.2. The second-order valence-electron chi connectivity index (χ2n) is 6.70. The molecule has 0 radical (unpaired) electrons. The van der Waals surface area contributed by atoms with Crippen molar-refractivity contribution in [2.75, 3.05) is 11.2 Å². The fourth-order valence-corrected chi connectivity index (χ4v) is 3.63. The van der Waals surface area contributed by atoms with Crippen LogP contribution in [0.5, 0.6) is 5.75 Å². The minimum absolute atomic E-state index is 0.119. The van der Waals surface area contributed by atoms with Gasteiger partial charge >= 0.3 is 0 Å². The van der Waals surface area contributed by atoms with Gasteiger partial charge in [0.15, 0.2) is 5.82 Å². The van der Waals surface area contributed by atoms with Gasteiger partial charge in [-0.2, -0.15) is 0 Å². The number of nitrogens with two attached hydrogens (primary N) is 1. The Hall–Kier alpha value is -2.78. The molecule has 0 spiro atoms. The highest BCUT2D eigenvalue weighted by molar-refractivity contribution is 8.00. The summed E-state index contributed by atoms with van der Waals surface area (Å²) in [6.45, 7) is 5.81. The number of halogens is 2. The number of hydrogen-bond donors (Lipinski definition) is 2. The lowest BCUT2D eigenvalue weighted by Gasteiger charge is -2.13. The summed E-state index contributed by atoms with van der Waals surface area (Å²) in [5.41, 5.74) is 2.49. The molecule has 1 amide bonds. The molecule has 0 fully saturated rings. The van der Waals surface area contributed by atoms with Crippen LogP contribution in [0.25, 0.3) is 0 Å². The molecule has 2 aromatic carbocycles. The zero-order valence-electron chi connectivity index (χ0n) is 16.6. The quantitative estimate of drug-likeness (QED) is 0.416. The number of nitrogens with zero attached hydrogens (tertiary/aromatic N) is 3. The number of hydrogen-bond acceptors (Lipinski definition) is 6. The van der Waals surface area contributed by atoms with E-state index in [1.807, 2.05) is 32.0 Å². The summed E-state index contributed by atoms with van der Waals surface area (Å²) in [5, 5.41) is 10.7. The third-order valence-corrected chi connectivity index (χ3v) is 5.63. The molecule has 1 heterocycles. The molecule has 1 aromatic heterocycles. The van der Waals surface area contributed by atoms with Crippen LogP contribution in [0.1, 0.15) is 23.9 Å². The van der Waals surface area contributed by atoms with Gasteiger partial charge in [-0.3, -0.25) is 4.79 Å². The third-order valence-electron chi connectivity index (χ3n) is 4.26. The van der Waals surface area contributed by atoms with Crippen molar-refractivity contribution in [1.29, 1.82) is 0 Å². The fourth-order valence-electron chi connectivity index (χ4n) is 2.63.